The van der Waals surface area contributed by atoms with Gasteiger partial charge in [-0.05, 0) is 42.4 Å². The summed E-state index contributed by atoms with van der Waals surface area (Å²) in [5, 5.41) is 8.96. The molecule has 0 atom stereocenters. The molecule has 2 rings (SSSR count). The molecule has 1 N–H and O–H groups in total. The van der Waals surface area contributed by atoms with Gasteiger partial charge in [-0.15, -0.1) is 0 Å². The first kappa shape index (κ1) is 7.81. The van der Waals surface area contributed by atoms with Crippen molar-refractivity contribution in [2.24, 2.45) is 0 Å². The zero-order valence-electron chi connectivity index (χ0n) is 7.38. The van der Waals surface area contributed by atoms with Crippen molar-refractivity contribution >= 4 is 0 Å². The second-order valence-electron chi connectivity index (χ2n) is 3.62. The van der Waals surface area contributed by atoms with E-state index in [1.807, 2.05) is 6.07 Å². The topological polar surface area (TPSA) is 20.2 Å². The van der Waals surface area contributed by atoms with Gasteiger partial charge >= 0.3 is 0 Å². The fourth-order valence-corrected chi connectivity index (χ4v) is 1.62. The molecule has 1 aliphatic carbocycles. The van der Waals surface area contributed by atoms with E-state index >= 15 is 0 Å². The van der Waals surface area contributed by atoms with Gasteiger partial charge in [-0.3, -0.25) is 0 Å². The smallest absolute Gasteiger partial charge is 0.0681 e. The minimum Gasteiger partial charge on any atom is -0.392 e. The Hall–Kier alpha value is -0.820. The second-order valence-corrected chi connectivity index (χ2v) is 3.62. The van der Waals surface area contributed by atoms with Crippen LogP contribution >= 0.6 is 0 Å². The number of hydrogen-bond donors (Lipinski definition) is 1. The molecule has 1 aromatic rings. The van der Waals surface area contributed by atoms with Crippen molar-refractivity contribution in [1.29, 1.82) is 0 Å². The van der Waals surface area contributed by atoms with Crippen LogP contribution in [0.4, 0.5) is 0 Å². The van der Waals surface area contributed by atoms with E-state index in [0.29, 0.717) is 0 Å². The monoisotopic (exact) mass is 162 g/mol. The number of rotatable bonds is 2. The zero-order valence-corrected chi connectivity index (χ0v) is 7.38. The van der Waals surface area contributed by atoms with Crippen LogP contribution in [0.5, 0.6) is 0 Å². The molecule has 0 saturated heterocycles. The summed E-state index contributed by atoms with van der Waals surface area (Å²) in [7, 11) is 0. The fourth-order valence-electron chi connectivity index (χ4n) is 1.62. The van der Waals surface area contributed by atoms with Crippen LogP contribution in [-0.4, -0.2) is 5.11 Å². The van der Waals surface area contributed by atoms with Crippen LogP contribution in [0.3, 0.4) is 0 Å². The van der Waals surface area contributed by atoms with Crippen LogP contribution in [0.25, 0.3) is 0 Å². The van der Waals surface area contributed by atoms with Crippen LogP contribution < -0.4 is 0 Å². The molecule has 0 aromatic heterocycles. The lowest BCUT2D eigenvalue weighted by Gasteiger charge is -2.05. The minimum atomic E-state index is 0.167. The summed E-state index contributed by atoms with van der Waals surface area (Å²) in [4.78, 5) is 0. The van der Waals surface area contributed by atoms with E-state index in [4.69, 9.17) is 5.11 Å². The highest BCUT2D eigenvalue weighted by atomic mass is 16.3. The Morgan fingerprint density at radius 3 is 2.75 bits per heavy atom. The van der Waals surface area contributed by atoms with E-state index in [1.165, 1.54) is 24.0 Å². The molecule has 1 aromatic carbocycles. The Morgan fingerprint density at radius 2 is 2.17 bits per heavy atom. The molecular weight excluding hydrogens is 148 g/mol. The summed E-state index contributed by atoms with van der Waals surface area (Å²) in [5.41, 5.74) is 3.86. The van der Waals surface area contributed by atoms with Crippen molar-refractivity contribution < 1.29 is 5.11 Å². The maximum Gasteiger partial charge on any atom is 0.0681 e. The van der Waals surface area contributed by atoms with E-state index in [-0.39, 0.29) is 6.61 Å². The highest BCUT2D eigenvalue weighted by molar-refractivity contribution is 5.35. The van der Waals surface area contributed by atoms with Crippen molar-refractivity contribution in [2.45, 2.75) is 32.3 Å². The number of hydrogen-bond acceptors (Lipinski definition) is 1. The Bertz CT molecular complexity index is 287. The largest absolute Gasteiger partial charge is 0.392 e. The normalized spacial score (nSPS) is 16.5. The predicted molar refractivity (Wildman–Crippen MR) is 49.1 cm³/mol. The number of aryl methyl sites for hydroxylation is 1. The summed E-state index contributed by atoms with van der Waals surface area (Å²) in [6.07, 6.45) is 2.66. The van der Waals surface area contributed by atoms with Gasteiger partial charge in [-0.2, -0.15) is 0 Å². The standard InChI is InChI=1S/C11H14O/c1-8-2-3-9(7-12)6-11(8)10-4-5-10/h2-3,6,10,12H,4-5,7H2,1H3. The Morgan fingerprint density at radius 1 is 1.42 bits per heavy atom. The number of benzene rings is 1. The first-order valence-electron chi connectivity index (χ1n) is 4.51. The van der Waals surface area contributed by atoms with Crippen LogP contribution in [-0.2, 0) is 6.61 Å². The van der Waals surface area contributed by atoms with Crippen molar-refractivity contribution in [2.75, 3.05) is 0 Å². The molecule has 1 fully saturated rings. The van der Waals surface area contributed by atoms with Crippen molar-refractivity contribution in [3.8, 4) is 0 Å². The second kappa shape index (κ2) is 2.91. The van der Waals surface area contributed by atoms with Gasteiger partial charge in [-0.1, -0.05) is 18.2 Å². The van der Waals surface area contributed by atoms with Crippen LogP contribution in [0.1, 0.15) is 35.4 Å². The maximum absolute atomic E-state index is 8.96. The molecule has 0 amide bonds. The minimum absolute atomic E-state index is 0.167. The molecule has 0 radical (unpaired) electrons. The summed E-state index contributed by atoms with van der Waals surface area (Å²) in [5.74, 6) is 0.788. The molecule has 0 aliphatic heterocycles. The van der Waals surface area contributed by atoms with Gasteiger partial charge in [0.2, 0.25) is 0 Å². The zero-order chi connectivity index (χ0) is 8.55. The van der Waals surface area contributed by atoms with Gasteiger partial charge in [0, 0.05) is 0 Å². The Labute approximate surface area is 73.0 Å². The van der Waals surface area contributed by atoms with E-state index in [0.717, 1.165) is 11.5 Å². The van der Waals surface area contributed by atoms with Gasteiger partial charge in [0.25, 0.3) is 0 Å². The lowest BCUT2D eigenvalue weighted by molar-refractivity contribution is 0.281. The summed E-state index contributed by atoms with van der Waals surface area (Å²) in [6.45, 7) is 2.31. The van der Waals surface area contributed by atoms with Crippen molar-refractivity contribution in [3.63, 3.8) is 0 Å². The molecule has 1 nitrogen and oxygen atoms in total. The van der Waals surface area contributed by atoms with Crippen molar-refractivity contribution in [3.05, 3.63) is 34.9 Å². The van der Waals surface area contributed by atoms with Gasteiger partial charge < -0.3 is 5.11 Å². The Kier molecular flexibility index (Phi) is 1.89. The van der Waals surface area contributed by atoms with Crippen LogP contribution in [0.15, 0.2) is 18.2 Å². The third kappa shape index (κ3) is 1.37. The van der Waals surface area contributed by atoms with Crippen molar-refractivity contribution in [1.82, 2.24) is 0 Å². The van der Waals surface area contributed by atoms with E-state index < -0.39 is 0 Å². The van der Waals surface area contributed by atoms with Crippen LogP contribution in [0, 0.1) is 6.92 Å². The molecular formula is C11H14O. The third-order valence-corrected chi connectivity index (χ3v) is 2.54. The maximum atomic E-state index is 8.96. The molecule has 0 bridgehead atoms. The average molecular weight is 162 g/mol. The third-order valence-electron chi connectivity index (χ3n) is 2.54. The quantitative estimate of drug-likeness (QED) is 0.707. The lowest BCUT2D eigenvalue weighted by atomic mass is 10.0. The van der Waals surface area contributed by atoms with E-state index in [9.17, 15) is 0 Å². The van der Waals surface area contributed by atoms with Crippen LogP contribution in [0.2, 0.25) is 0 Å². The molecule has 0 unspecified atom stereocenters. The molecule has 0 heterocycles. The summed E-state index contributed by atoms with van der Waals surface area (Å²) >= 11 is 0. The predicted octanol–water partition coefficient (Wildman–Crippen LogP) is 2.36. The molecule has 12 heavy (non-hydrogen) atoms. The molecule has 64 valence electrons. The highest BCUT2D eigenvalue weighted by Gasteiger charge is 2.24. The van der Waals surface area contributed by atoms with Gasteiger partial charge in [0.15, 0.2) is 0 Å². The SMILES string of the molecule is Cc1ccc(CO)cc1C1CC1. The summed E-state index contributed by atoms with van der Waals surface area (Å²) in [6, 6.07) is 6.26. The lowest BCUT2D eigenvalue weighted by Crippen LogP contribution is -1.90. The first-order chi connectivity index (χ1) is 5.81. The molecule has 1 aliphatic rings. The number of aliphatic hydroxyl groups excluding tert-OH is 1. The number of aliphatic hydroxyl groups is 1. The van der Waals surface area contributed by atoms with Gasteiger partial charge in [0.05, 0.1) is 6.61 Å². The molecule has 1 saturated carbocycles. The first-order valence-corrected chi connectivity index (χ1v) is 4.51. The van der Waals surface area contributed by atoms with Gasteiger partial charge in [0.1, 0.15) is 0 Å². The molecule has 1 heteroatoms. The van der Waals surface area contributed by atoms with Gasteiger partial charge in [-0.25, -0.2) is 0 Å². The molecule has 0 spiro atoms. The summed E-state index contributed by atoms with van der Waals surface area (Å²) < 4.78 is 0. The van der Waals surface area contributed by atoms with E-state index in [2.05, 4.69) is 19.1 Å². The Balaban J connectivity index is 2.36. The van der Waals surface area contributed by atoms with E-state index in [1.54, 1.807) is 0 Å². The highest BCUT2D eigenvalue weighted by Crippen LogP contribution is 2.41. The average Bonchev–Trinajstić information content (AvgIpc) is 2.88. The fraction of sp³-hybridized carbons (Fsp3) is 0.455.